The lowest BCUT2D eigenvalue weighted by molar-refractivity contribution is -0.117. The van der Waals surface area contributed by atoms with E-state index in [4.69, 9.17) is 0 Å². The lowest BCUT2D eigenvalue weighted by atomic mass is 10.1. The minimum atomic E-state index is -0.530. The van der Waals surface area contributed by atoms with E-state index in [9.17, 15) is 9.59 Å². The van der Waals surface area contributed by atoms with Crippen LogP contribution >= 0.6 is 12.6 Å². The van der Waals surface area contributed by atoms with Crippen LogP contribution in [0.15, 0.2) is 24.3 Å². The van der Waals surface area contributed by atoms with Gasteiger partial charge in [0.05, 0.1) is 7.11 Å². The summed E-state index contributed by atoms with van der Waals surface area (Å²) in [5.41, 5.74) is 1.38. The first-order chi connectivity index (χ1) is 9.13. The average Bonchev–Trinajstić information content (AvgIpc) is 2.80. The van der Waals surface area contributed by atoms with Crippen molar-refractivity contribution in [3.63, 3.8) is 0 Å². The Bertz CT molecular complexity index is 493. The molecule has 0 aromatic heterocycles. The molecule has 19 heavy (non-hydrogen) atoms. The Labute approximate surface area is 117 Å². The molecule has 1 unspecified atom stereocenters. The summed E-state index contributed by atoms with van der Waals surface area (Å²) >= 11 is 4.24. The second kappa shape index (κ2) is 5.97. The molecule has 0 aliphatic carbocycles. The predicted octanol–water partition coefficient (Wildman–Crippen LogP) is 2.15. The van der Waals surface area contributed by atoms with Gasteiger partial charge < -0.3 is 9.64 Å². The molecular weight excluding hydrogens is 264 g/mol. The monoisotopic (exact) mass is 280 g/mol. The van der Waals surface area contributed by atoms with Crippen molar-refractivity contribution >= 4 is 36.0 Å². The van der Waals surface area contributed by atoms with Gasteiger partial charge in [0.2, 0.25) is 5.91 Å². The Morgan fingerprint density at radius 2 is 2.37 bits per heavy atom. The number of nitrogens with zero attached hydrogens (tertiary/aromatic N) is 1. The Morgan fingerprint density at radius 3 is 3.00 bits per heavy atom. The average molecular weight is 280 g/mol. The summed E-state index contributed by atoms with van der Waals surface area (Å²) in [5, 5.41) is 2.58. The molecule has 0 saturated carbocycles. The highest BCUT2D eigenvalue weighted by atomic mass is 32.1. The summed E-state index contributed by atoms with van der Waals surface area (Å²) in [4.78, 5) is 24.8. The lowest BCUT2D eigenvalue weighted by Crippen LogP contribution is -2.24. The van der Waals surface area contributed by atoms with E-state index in [1.165, 1.54) is 7.11 Å². The fourth-order valence-electron chi connectivity index (χ4n) is 2.07. The fourth-order valence-corrected chi connectivity index (χ4v) is 2.32. The van der Waals surface area contributed by atoms with E-state index in [1.54, 1.807) is 23.1 Å². The van der Waals surface area contributed by atoms with E-state index in [2.05, 4.69) is 22.7 Å². The van der Waals surface area contributed by atoms with Gasteiger partial charge in [-0.05, 0) is 29.9 Å². The van der Waals surface area contributed by atoms with E-state index in [0.29, 0.717) is 24.4 Å². The summed E-state index contributed by atoms with van der Waals surface area (Å²) < 4.78 is 4.53. The zero-order chi connectivity index (χ0) is 13.8. The molecule has 2 amide bonds. The Hall–Kier alpha value is -1.69. The van der Waals surface area contributed by atoms with Crippen LogP contribution < -0.4 is 10.2 Å². The van der Waals surface area contributed by atoms with Crippen LogP contribution in [-0.2, 0) is 9.53 Å². The molecule has 0 bridgehead atoms. The van der Waals surface area contributed by atoms with Crippen molar-refractivity contribution in [3.8, 4) is 0 Å². The topological polar surface area (TPSA) is 58.6 Å². The highest BCUT2D eigenvalue weighted by molar-refractivity contribution is 7.80. The van der Waals surface area contributed by atoms with Gasteiger partial charge in [-0.3, -0.25) is 10.1 Å². The van der Waals surface area contributed by atoms with Crippen LogP contribution in [0.1, 0.15) is 6.42 Å². The minimum absolute atomic E-state index is 0.0919. The van der Waals surface area contributed by atoms with Crippen LogP contribution in [0.2, 0.25) is 0 Å². The third-order valence-corrected chi connectivity index (χ3v) is 3.57. The summed E-state index contributed by atoms with van der Waals surface area (Å²) in [6, 6.07) is 7.15. The first-order valence-corrected chi connectivity index (χ1v) is 6.63. The van der Waals surface area contributed by atoms with Crippen molar-refractivity contribution in [1.82, 2.24) is 0 Å². The second-order valence-electron chi connectivity index (χ2n) is 4.42. The molecule has 0 spiro atoms. The number of carbonyl (C=O) groups excluding carboxylic acids is 2. The van der Waals surface area contributed by atoms with Gasteiger partial charge in [-0.15, -0.1) is 0 Å². The largest absolute Gasteiger partial charge is 0.453 e. The number of nitrogens with one attached hydrogen (secondary N) is 1. The zero-order valence-electron chi connectivity index (χ0n) is 10.6. The van der Waals surface area contributed by atoms with Crippen LogP contribution in [0.4, 0.5) is 16.2 Å². The molecule has 1 aliphatic rings. The third-order valence-electron chi connectivity index (χ3n) is 3.05. The number of rotatable bonds is 3. The van der Waals surface area contributed by atoms with Crippen molar-refractivity contribution < 1.29 is 14.3 Å². The second-order valence-corrected chi connectivity index (χ2v) is 4.79. The van der Waals surface area contributed by atoms with E-state index in [-0.39, 0.29) is 11.8 Å². The van der Waals surface area contributed by atoms with Crippen LogP contribution in [0.25, 0.3) is 0 Å². The van der Waals surface area contributed by atoms with Gasteiger partial charge in [-0.1, -0.05) is 6.07 Å². The molecule has 2 rings (SSSR count). The highest BCUT2D eigenvalue weighted by Crippen LogP contribution is 2.27. The quantitative estimate of drug-likeness (QED) is 0.834. The van der Waals surface area contributed by atoms with Gasteiger partial charge >= 0.3 is 6.09 Å². The molecule has 0 radical (unpaired) electrons. The normalized spacial score (nSPS) is 18.5. The molecule has 1 atom stereocenters. The van der Waals surface area contributed by atoms with Crippen molar-refractivity contribution in [1.29, 1.82) is 0 Å². The standard InChI is InChI=1S/C13H16N2O3S/c1-18-13(17)14-10-3-2-4-11(6-10)15-7-9(8-19)5-12(15)16/h2-4,6,9,19H,5,7-8H2,1H3,(H,14,17). The summed E-state index contributed by atoms with van der Waals surface area (Å²) in [7, 11) is 1.31. The van der Waals surface area contributed by atoms with Crippen LogP contribution in [0.3, 0.4) is 0 Å². The molecule has 102 valence electrons. The SMILES string of the molecule is COC(=O)Nc1cccc(N2CC(CS)CC2=O)c1. The van der Waals surface area contributed by atoms with E-state index in [1.807, 2.05) is 6.07 Å². The Balaban J connectivity index is 2.15. The highest BCUT2D eigenvalue weighted by Gasteiger charge is 2.29. The summed E-state index contributed by atoms with van der Waals surface area (Å²) in [6.45, 7) is 0.671. The van der Waals surface area contributed by atoms with Crippen molar-refractivity contribution in [2.75, 3.05) is 29.6 Å². The molecular formula is C13H16N2O3S. The molecule has 1 aromatic carbocycles. The van der Waals surface area contributed by atoms with Gasteiger partial charge in [0.1, 0.15) is 0 Å². The molecule has 1 N–H and O–H groups in total. The number of benzene rings is 1. The van der Waals surface area contributed by atoms with Crippen molar-refractivity contribution in [2.24, 2.45) is 5.92 Å². The number of amides is 2. The number of hydrogen-bond donors (Lipinski definition) is 2. The predicted molar refractivity (Wildman–Crippen MR) is 76.8 cm³/mol. The number of anilines is 2. The first-order valence-electron chi connectivity index (χ1n) is 6.00. The smallest absolute Gasteiger partial charge is 0.411 e. The first kappa shape index (κ1) is 13.7. The van der Waals surface area contributed by atoms with Gasteiger partial charge in [0.15, 0.2) is 0 Å². The maximum atomic E-state index is 11.9. The molecule has 5 nitrogen and oxygen atoms in total. The molecule has 1 fully saturated rings. The summed E-state index contributed by atoms with van der Waals surface area (Å²) in [6.07, 6.45) is -0.00356. The molecule has 1 aliphatic heterocycles. The zero-order valence-corrected chi connectivity index (χ0v) is 11.5. The van der Waals surface area contributed by atoms with Crippen LogP contribution in [0, 0.1) is 5.92 Å². The third kappa shape index (κ3) is 3.20. The van der Waals surface area contributed by atoms with Gasteiger partial charge in [0.25, 0.3) is 0 Å². The molecule has 6 heteroatoms. The maximum Gasteiger partial charge on any atom is 0.411 e. The van der Waals surface area contributed by atoms with Crippen LogP contribution in [0.5, 0.6) is 0 Å². The summed E-state index contributed by atoms with van der Waals surface area (Å²) in [5.74, 6) is 1.07. The maximum absolute atomic E-state index is 11.9. The molecule has 1 heterocycles. The van der Waals surface area contributed by atoms with Crippen molar-refractivity contribution in [3.05, 3.63) is 24.3 Å². The number of ether oxygens (including phenoxy) is 1. The van der Waals surface area contributed by atoms with Gasteiger partial charge in [-0.25, -0.2) is 4.79 Å². The molecule has 1 saturated heterocycles. The van der Waals surface area contributed by atoms with Crippen molar-refractivity contribution in [2.45, 2.75) is 6.42 Å². The Kier molecular flexibility index (Phi) is 4.31. The number of carbonyl (C=O) groups is 2. The fraction of sp³-hybridized carbons (Fsp3) is 0.385. The van der Waals surface area contributed by atoms with Crippen LogP contribution in [-0.4, -0.2) is 31.4 Å². The number of methoxy groups -OCH3 is 1. The van der Waals surface area contributed by atoms with Gasteiger partial charge in [-0.2, -0.15) is 12.6 Å². The minimum Gasteiger partial charge on any atom is -0.453 e. The Morgan fingerprint density at radius 1 is 1.58 bits per heavy atom. The number of thiol groups is 1. The number of hydrogen-bond acceptors (Lipinski definition) is 4. The lowest BCUT2D eigenvalue weighted by Gasteiger charge is -2.17. The van der Waals surface area contributed by atoms with E-state index in [0.717, 1.165) is 5.69 Å². The van der Waals surface area contributed by atoms with E-state index >= 15 is 0 Å². The molecule has 1 aromatic rings. The van der Waals surface area contributed by atoms with Gasteiger partial charge in [0, 0.05) is 24.3 Å². The van der Waals surface area contributed by atoms with E-state index < -0.39 is 6.09 Å².